The summed E-state index contributed by atoms with van der Waals surface area (Å²) < 4.78 is 0. The van der Waals surface area contributed by atoms with Crippen molar-refractivity contribution in [3.8, 4) is 0 Å². The van der Waals surface area contributed by atoms with E-state index in [0.29, 0.717) is 18.0 Å². The smallest absolute Gasteiger partial charge is 0.0358 e. The lowest BCUT2D eigenvalue weighted by Gasteiger charge is -2.31. The van der Waals surface area contributed by atoms with Crippen molar-refractivity contribution in [3.05, 3.63) is 35.9 Å². The second kappa shape index (κ2) is 7.55. The Hall–Kier alpha value is -0.860. The molecule has 1 rings (SSSR count). The van der Waals surface area contributed by atoms with Gasteiger partial charge in [-0.15, -0.1) is 0 Å². The van der Waals surface area contributed by atoms with Crippen LogP contribution in [0.5, 0.6) is 0 Å². The predicted octanol–water partition coefficient (Wildman–Crippen LogP) is 3.31. The van der Waals surface area contributed by atoms with Gasteiger partial charge in [-0.25, -0.2) is 0 Å². The first kappa shape index (κ1) is 15.2. The van der Waals surface area contributed by atoms with Gasteiger partial charge in [0.05, 0.1) is 0 Å². The quantitative estimate of drug-likeness (QED) is 0.796. The first-order valence-electron chi connectivity index (χ1n) is 7.04. The van der Waals surface area contributed by atoms with Crippen LogP contribution in [-0.2, 0) is 0 Å². The molecule has 18 heavy (non-hydrogen) atoms. The summed E-state index contributed by atoms with van der Waals surface area (Å²) in [5, 5.41) is 3.62. The number of benzene rings is 1. The Morgan fingerprint density at radius 2 is 1.72 bits per heavy atom. The predicted molar refractivity (Wildman–Crippen MR) is 79.8 cm³/mol. The molecule has 0 spiro atoms. The summed E-state index contributed by atoms with van der Waals surface area (Å²) in [5.74, 6) is 0.597. The van der Waals surface area contributed by atoms with Crippen LogP contribution in [0.15, 0.2) is 30.3 Å². The molecular weight excluding hydrogens is 220 g/mol. The average molecular weight is 248 g/mol. The number of hydrogen-bond donors (Lipinski definition) is 1. The Morgan fingerprint density at radius 3 is 2.22 bits per heavy atom. The standard InChI is InChI=1S/C16H28N2/c1-6-17-16(15-10-8-7-9-11-15)14(4)12-18(5)13(2)3/h7-11,13-14,16-17H,6,12H2,1-5H3. The van der Waals surface area contributed by atoms with Gasteiger partial charge in [-0.2, -0.15) is 0 Å². The van der Waals surface area contributed by atoms with Crippen LogP contribution in [-0.4, -0.2) is 31.1 Å². The Kier molecular flexibility index (Phi) is 6.37. The number of rotatable bonds is 7. The lowest BCUT2D eigenvalue weighted by Crippen LogP contribution is -2.37. The largest absolute Gasteiger partial charge is 0.310 e. The van der Waals surface area contributed by atoms with E-state index in [2.05, 4.69) is 75.3 Å². The number of hydrogen-bond acceptors (Lipinski definition) is 2. The fraction of sp³-hybridized carbons (Fsp3) is 0.625. The van der Waals surface area contributed by atoms with Gasteiger partial charge in [0.25, 0.3) is 0 Å². The van der Waals surface area contributed by atoms with Crippen molar-refractivity contribution in [1.82, 2.24) is 10.2 Å². The fourth-order valence-corrected chi connectivity index (χ4v) is 2.30. The zero-order valence-electron chi connectivity index (χ0n) is 12.5. The maximum atomic E-state index is 3.62. The normalized spacial score (nSPS) is 15.1. The molecule has 0 heterocycles. The van der Waals surface area contributed by atoms with Gasteiger partial charge in [0.2, 0.25) is 0 Å². The summed E-state index contributed by atoms with van der Waals surface area (Å²) in [7, 11) is 2.20. The Morgan fingerprint density at radius 1 is 1.11 bits per heavy atom. The SMILES string of the molecule is CCNC(c1ccccc1)C(C)CN(C)C(C)C. The molecule has 0 saturated carbocycles. The molecule has 2 unspecified atom stereocenters. The van der Waals surface area contributed by atoms with E-state index in [1.165, 1.54) is 5.56 Å². The summed E-state index contributed by atoms with van der Waals surface area (Å²) in [4.78, 5) is 2.41. The van der Waals surface area contributed by atoms with Gasteiger partial charge in [0.15, 0.2) is 0 Å². The number of nitrogens with one attached hydrogen (secondary N) is 1. The minimum atomic E-state index is 0.442. The second-order valence-electron chi connectivity index (χ2n) is 5.46. The molecule has 1 aromatic rings. The van der Waals surface area contributed by atoms with Gasteiger partial charge < -0.3 is 10.2 Å². The van der Waals surface area contributed by atoms with E-state index in [4.69, 9.17) is 0 Å². The molecule has 0 radical (unpaired) electrons. The Balaban J connectivity index is 2.73. The summed E-state index contributed by atoms with van der Waals surface area (Å²) in [6, 6.07) is 11.8. The molecule has 0 bridgehead atoms. The van der Waals surface area contributed by atoms with Crippen molar-refractivity contribution in [3.63, 3.8) is 0 Å². The highest BCUT2D eigenvalue weighted by atomic mass is 15.1. The van der Waals surface area contributed by atoms with Crippen molar-refractivity contribution in [2.75, 3.05) is 20.1 Å². The highest BCUT2D eigenvalue weighted by molar-refractivity contribution is 5.19. The van der Waals surface area contributed by atoms with Crippen LogP contribution in [0.25, 0.3) is 0 Å². The summed E-state index contributed by atoms with van der Waals surface area (Å²) >= 11 is 0. The minimum absolute atomic E-state index is 0.442. The highest BCUT2D eigenvalue weighted by Gasteiger charge is 2.20. The molecule has 102 valence electrons. The van der Waals surface area contributed by atoms with E-state index in [0.717, 1.165) is 13.1 Å². The first-order valence-corrected chi connectivity index (χ1v) is 7.04. The van der Waals surface area contributed by atoms with Crippen molar-refractivity contribution in [1.29, 1.82) is 0 Å². The monoisotopic (exact) mass is 248 g/mol. The lowest BCUT2D eigenvalue weighted by atomic mass is 9.93. The third kappa shape index (κ3) is 4.43. The molecule has 0 fully saturated rings. The molecule has 0 aliphatic carbocycles. The van der Waals surface area contributed by atoms with Crippen LogP contribution in [0.4, 0.5) is 0 Å². The molecule has 2 nitrogen and oxygen atoms in total. The summed E-state index contributed by atoms with van der Waals surface area (Å²) in [6.07, 6.45) is 0. The van der Waals surface area contributed by atoms with Crippen molar-refractivity contribution in [2.45, 2.75) is 39.8 Å². The van der Waals surface area contributed by atoms with Crippen LogP contribution >= 0.6 is 0 Å². The molecule has 2 atom stereocenters. The van der Waals surface area contributed by atoms with E-state index in [1.807, 2.05) is 0 Å². The van der Waals surface area contributed by atoms with Gasteiger partial charge >= 0.3 is 0 Å². The summed E-state index contributed by atoms with van der Waals surface area (Å²) in [6.45, 7) is 11.1. The molecule has 0 amide bonds. The molecule has 1 aromatic carbocycles. The zero-order chi connectivity index (χ0) is 13.5. The second-order valence-corrected chi connectivity index (χ2v) is 5.46. The first-order chi connectivity index (χ1) is 8.56. The maximum Gasteiger partial charge on any atom is 0.0358 e. The van der Waals surface area contributed by atoms with E-state index in [9.17, 15) is 0 Å². The van der Waals surface area contributed by atoms with E-state index in [1.54, 1.807) is 0 Å². The van der Waals surface area contributed by atoms with Crippen LogP contribution < -0.4 is 5.32 Å². The molecule has 0 aliphatic heterocycles. The average Bonchev–Trinajstić information content (AvgIpc) is 2.36. The van der Waals surface area contributed by atoms with E-state index in [-0.39, 0.29) is 0 Å². The van der Waals surface area contributed by atoms with E-state index >= 15 is 0 Å². The van der Waals surface area contributed by atoms with Crippen molar-refractivity contribution < 1.29 is 0 Å². The molecule has 0 aromatic heterocycles. The Bertz CT molecular complexity index is 321. The molecule has 1 N–H and O–H groups in total. The fourth-order valence-electron chi connectivity index (χ4n) is 2.30. The third-order valence-corrected chi connectivity index (χ3v) is 3.61. The summed E-state index contributed by atoms with van der Waals surface area (Å²) in [5.41, 5.74) is 1.39. The van der Waals surface area contributed by atoms with Crippen LogP contribution in [0, 0.1) is 5.92 Å². The minimum Gasteiger partial charge on any atom is -0.310 e. The van der Waals surface area contributed by atoms with Crippen molar-refractivity contribution in [2.24, 2.45) is 5.92 Å². The number of nitrogens with zero attached hydrogens (tertiary/aromatic N) is 1. The molecule has 0 saturated heterocycles. The van der Waals surface area contributed by atoms with Gasteiger partial charge in [-0.3, -0.25) is 0 Å². The highest BCUT2D eigenvalue weighted by Crippen LogP contribution is 2.22. The van der Waals surface area contributed by atoms with Gasteiger partial charge in [0.1, 0.15) is 0 Å². The third-order valence-electron chi connectivity index (χ3n) is 3.61. The zero-order valence-corrected chi connectivity index (χ0v) is 12.5. The maximum absolute atomic E-state index is 3.62. The van der Waals surface area contributed by atoms with Crippen LogP contribution in [0.1, 0.15) is 39.3 Å². The van der Waals surface area contributed by atoms with E-state index < -0.39 is 0 Å². The van der Waals surface area contributed by atoms with Crippen LogP contribution in [0.2, 0.25) is 0 Å². The molecule has 0 aliphatic rings. The van der Waals surface area contributed by atoms with Gasteiger partial charge in [-0.1, -0.05) is 44.2 Å². The molecule has 2 heteroatoms. The van der Waals surface area contributed by atoms with Gasteiger partial charge in [0, 0.05) is 18.6 Å². The Labute approximate surface area is 112 Å². The van der Waals surface area contributed by atoms with Crippen LogP contribution in [0.3, 0.4) is 0 Å². The lowest BCUT2D eigenvalue weighted by molar-refractivity contribution is 0.211. The van der Waals surface area contributed by atoms with Gasteiger partial charge in [-0.05, 0) is 38.9 Å². The molecular formula is C16H28N2. The van der Waals surface area contributed by atoms with Crippen molar-refractivity contribution >= 4 is 0 Å². The topological polar surface area (TPSA) is 15.3 Å².